The molecule has 0 amide bonds. The summed E-state index contributed by atoms with van der Waals surface area (Å²) >= 11 is 0. The number of benzene rings is 1. The van der Waals surface area contributed by atoms with E-state index in [2.05, 4.69) is 28.3 Å². The first-order chi connectivity index (χ1) is 8.19. The van der Waals surface area contributed by atoms with Gasteiger partial charge in [0.1, 0.15) is 5.82 Å². The zero-order valence-electron chi connectivity index (χ0n) is 10.6. The number of ether oxygens (including phenoxy) is 1. The van der Waals surface area contributed by atoms with Crippen molar-refractivity contribution in [3.05, 3.63) is 24.0 Å². The molecule has 0 aliphatic carbocycles. The van der Waals surface area contributed by atoms with E-state index < -0.39 is 0 Å². The Kier molecular flexibility index (Phi) is 3.64. The second kappa shape index (κ2) is 5.19. The summed E-state index contributed by atoms with van der Waals surface area (Å²) in [5.41, 5.74) is 3.16. The highest BCUT2D eigenvalue weighted by Gasteiger charge is 2.04. The molecule has 0 aliphatic rings. The van der Waals surface area contributed by atoms with Crippen LogP contribution in [0.1, 0.15) is 19.7 Å². The Morgan fingerprint density at radius 3 is 3.06 bits per heavy atom. The molecule has 2 rings (SSSR count). The normalized spacial score (nSPS) is 12.9. The fraction of sp³-hybridized carbons (Fsp3) is 0.462. The predicted molar refractivity (Wildman–Crippen MR) is 70.4 cm³/mol. The van der Waals surface area contributed by atoms with Crippen LogP contribution in [0.15, 0.2) is 18.2 Å². The van der Waals surface area contributed by atoms with Gasteiger partial charge >= 0.3 is 0 Å². The van der Waals surface area contributed by atoms with E-state index in [-0.39, 0.29) is 0 Å². The van der Waals surface area contributed by atoms with Gasteiger partial charge in [-0.1, -0.05) is 0 Å². The Balaban J connectivity index is 2.08. The largest absolute Gasteiger partial charge is 0.380 e. The number of nitrogens with one attached hydrogen (secondary N) is 2. The molecule has 4 heteroatoms. The first kappa shape index (κ1) is 11.9. The Morgan fingerprint density at radius 1 is 1.47 bits per heavy atom. The van der Waals surface area contributed by atoms with Crippen molar-refractivity contribution in [3.63, 3.8) is 0 Å². The molecule has 0 bridgehead atoms. The molecule has 1 heterocycles. The fourth-order valence-corrected chi connectivity index (χ4v) is 1.85. The van der Waals surface area contributed by atoms with Crippen LogP contribution in [0.5, 0.6) is 0 Å². The summed E-state index contributed by atoms with van der Waals surface area (Å²) in [4.78, 5) is 7.61. The van der Waals surface area contributed by atoms with Crippen molar-refractivity contribution in [1.82, 2.24) is 9.97 Å². The summed E-state index contributed by atoms with van der Waals surface area (Å²) < 4.78 is 5.38. The van der Waals surface area contributed by atoms with E-state index in [0.29, 0.717) is 6.04 Å². The number of aromatic nitrogens is 2. The van der Waals surface area contributed by atoms with Gasteiger partial charge in [0.25, 0.3) is 0 Å². The highest BCUT2D eigenvalue weighted by atomic mass is 16.5. The van der Waals surface area contributed by atoms with Crippen LogP contribution in [0.2, 0.25) is 0 Å². The number of hydrogen-bond donors (Lipinski definition) is 2. The Morgan fingerprint density at radius 2 is 2.29 bits per heavy atom. The molecule has 2 N–H and O–H groups in total. The molecule has 1 aromatic heterocycles. The van der Waals surface area contributed by atoms with Crippen LogP contribution >= 0.6 is 0 Å². The van der Waals surface area contributed by atoms with E-state index in [4.69, 9.17) is 4.74 Å². The van der Waals surface area contributed by atoms with Crippen molar-refractivity contribution in [2.45, 2.75) is 26.8 Å². The second-order valence-corrected chi connectivity index (χ2v) is 4.26. The molecule has 1 unspecified atom stereocenters. The van der Waals surface area contributed by atoms with E-state index >= 15 is 0 Å². The molecule has 0 radical (unpaired) electrons. The average molecular weight is 233 g/mol. The lowest BCUT2D eigenvalue weighted by atomic mass is 10.2. The molecule has 0 saturated carbocycles. The van der Waals surface area contributed by atoms with Crippen molar-refractivity contribution in [3.8, 4) is 0 Å². The van der Waals surface area contributed by atoms with Crippen LogP contribution in [-0.4, -0.2) is 29.2 Å². The van der Waals surface area contributed by atoms with Crippen LogP contribution in [0.25, 0.3) is 11.0 Å². The Labute approximate surface area is 101 Å². The highest BCUT2D eigenvalue weighted by molar-refractivity contribution is 5.79. The minimum absolute atomic E-state index is 0.302. The van der Waals surface area contributed by atoms with Crippen molar-refractivity contribution in [2.24, 2.45) is 0 Å². The lowest BCUT2D eigenvalue weighted by Gasteiger charge is -2.14. The van der Waals surface area contributed by atoms with Gasteiger partial charge in [-0.05, 0) is 39.0 Å². The summed E-state index contributed by atoms with van der Waals surface area (Å²) in [6, 6.07) is 6.45. The number of fused-ring (bicyclic) bond motifs is 1. The first-order valence-electron chi connectivity index (χ1n) is 5.99. The Bertz CT molecular complexity index is 492. The lowest BCUT2D eigenvalue weighted by Crippen LogP contribution is -2.21. The van der Waals surface area contributed by atoms with Gasteiger partial charge in [0.05, 0.1) is 17.6 Å². The van der Waals surface area contributed by atoms with E-state index in [9.17, 15) is 0 Å². The quantitative estimate of drug-likeness (QED) is 0.834. The number of imidazole rings is 1. The maximum absolute atomic E-state index is 5.38. The molecular weight excluding hydrogens is 214 g/mol. The number of anilines is 1. The first-order valence-corrected chi connectivity index (χ1v) is 5.99. The average Bonchev–Trinajstić information content (AvgIpc) is 2.65. The van der Waals surface area contributed by atoms with E-state index in [1.807, 2.05) is 26.0 Å². The molecule has 1 aromatic carbocycles. The van der Waals surface area contributed by atoms with Crippen molar-refractivity contribution in [2.75, 3.05) is 18.5 Å². The minimum Gasteiger partial charge on any atom is -0.380 e. The standard InChI is InChI=1S/C13H19N3O/c1-4-17-8-9(2)14-11-5-6-12-13(7-11)16-10(3)15-12/h5-7,9,14H,4,8H2,1-3H3,(H,15,16). The van der Waals surface area contributed by atoms with Gasteiger partial charge in [-0.2, -0.15) is 0 Å². The van der Waals surface area contributed by atoms with Crippen molar-refractivity contribution < 1.29 is 4.74 Å². The summed E-state index contributed by atoms with van der Waals surface area (Å²) in [6.07, 6.45) is 0. The SMILES string of the molecule is CCOCC(C)Nc1ccc2nc(C)[nH]c2c1. The number of aromatic amines is 1. The topological polar surface area (TPSA) is 49.9 Å². The molecule has 4 nitrogen and oxygen atoms in total. The molecule has 92 valence electrons. The van der Waals surface area contributed by atoms with Gasteiger partial charge < -0.3 is 15.0 Å². The third-order valence-electron chi connectivity index (χ3n) is 2.59. The van der Waals surface area contributed by atoms with Gasteiger partial charge in [0.2, 0.25) is 0 Å². The second-order valence-electron chi connectivity index (χ2n) is 4.26. The minimum atomic E-state index is 0.302. The zero-order chi connectivity index (χ0) is 12.3. The summed E-state index contributed by atoms with van der Waals surface area (Å²) in [5, 5.41) is 3.41. The van der Waals surface area contributed by atoms with Crippen LogP contribution in [0.3, 0.4) is 0 Å². The van der Waals surface area contributed by atoms with Crippen LogP contribution in [0.4, 0.5) is 5.69 Å². The number of hydrogen-bond acceptors (Lipinski definition) is 3. The molecule has 0 saturated heterocycles. The van der Waals surface area contributed by atoms with Gasteiger partial charge in [0.15, 0.2) is 0 Å². The summed E-state index contributed by atoms with van der Waals surface area (Å²) in [5.74, 6) is 0.944. The molecule has 0 aliphatic heterocycles. The third-order valence-corrected chi connectivity index (χ3v) is 2.59. The fourth-order valence-electron chi connectivity index (χ4n) is 1.85. The van der Waals surface area contributed by atoms with Crippen LogP contribution in [-0.2, 0) is 4.74 Å². The summed E-state index contributed by atoms with van der Waals surface area (Å²) in [6.45, 7) is 7.55. The Hall–Kier alpha value is -1.55. The molecule has 17 heavy (non-hydrogen) atoms. The third kappa shape index (κ3) is 2.97. The van der Waals surface area contributed by atoms with Crippen molar-refractivity contribution in [1.29, 1.82) is 0 Å². The van der Waals surface area contributed by atoms with Crippen LogP contribution < -0.4 is 5.32 Å². The molecule has 0 spiro atoms. The van der Waals surface area contributed by atoms with E-state index in [0.717, 1.165) is 35.8 Å². The molecule has 1 atom stereocenters. The van der Waals surface area contributed by atoms with Crippen molar-refractivity contribution >= 4 is 16.7 Å². The number of nitrogens with zero attached hydrogens (tertiary/aromatic N) is 1. The molecular formula is C13H19N3O. The highest BCUT2D eigenvalue weighted by Crippen LogP contribution is 2.17. The zero-order valence-corrected chi connectivity index (χ0v) is 10.6. The maximum atomic E-state index is 5.38. The predicted octanol–water partition coefficient (Wildman–Crippen LogP) is 2.71. The molecule has 0 fully saturated rings. The number of rotatable bonds is 5. The van der Waals surface area contributed by atoms with Gasteiger partial charge in [-0.25, -0.2) is 4.98 Å². The van der Waals surface area contributed by atoms with Gasteiger partial charge in [0, 0.05) is 18.3 Å². The number of H-pyrrole nitrogens is 1. The number of aryl methyl sites for hydroxylation is 1. The monoisotopic (exact) mass is 233 g/mol. The van der Waals surface area contributed by atoms with Gasteiger partial charge in [-0.15, -0.1) is 0 Å². The molecule has 2 aromatic rings. The summed E-state index contributed by atoms with van der Waals surface area (Å²) in [7, 11) is 0. The van der Waals surface area contributed by atoms with E-state index in [1.54, 1.807) is 0 Å². The lowest BCUT2D eigenvalue weighted by molar-refractivity contribution is 0.141. The smallest absolute Gasteiger partial charge is 0.104 e. The van der Waals surface area contributed by atoms with Gasteiger partial charge in [-0.3, -0.25) is 0 Å². The van der Waals surface area contributed by atoms with E-state index in [1.165, 1.54) is 0 Å². The maximum Gasteiger partial charge on any atom is 0.104 e. The van der Waals surface area contributed by atoms with Crippen LogP contribution in [0, 0.1) is 6.92 Å².